The molecule has 0 bridgehead atoms. The molecule has 0 unspecified atom stereocenters. The van der Waals surface area contributed by atoms with Crippen LogP contribution in [0.2, 0.25) is 0 Å². The minimum absolute atomic E-state index is 0.0343. The van der Waals surface area contributed by atoms with E-state index in [4.69, 9.17) is 14.2 Å². The van der Waals surface area contributed by atoms with E-state index in [9.17, 15) is 9.59 Å². The highest BCUT2D eigenvalue weighted by atomic mass is 16.5. The number of hydrogen-bond acceptors (Lipinski definition) is 5. The highest BCUT2D eigenvalue weighted by molar-refractivity contribution is 5.98. The van der Waals surface area contributed by atoms with Gasteiger partial charge < -0.3 is 24.4 Å². The normalized spacial score (nSPS) is 27.2. The lowest BCUT2D eigenvalue weighted by molar-refractivity contribution is -0.148. The number of morpholine rings is 1. The molecule has 2 atom stereocenters. The van der Waals surface area contributed by atoms with E-state index in [1.165, 1.54) is 7.11 Å². The fourth-order valence-corrected chi connectivity index (χ4v) is 4.43. The molecule has 7 heteroatoms. The van der Waals surface area contributed by atoms with Crippen LogP contribution in [0.3, 0.4) is 0 Å². The monoisotopic (exact) mass is 404 g/mol. The topological polar surface area (TPSA) is 77.1 Å². The number of carbonyl (C=O) groups is 2. The maximum Gasteiger partial charge on any atom is 0.255 e. The van der Waals surface area contributed by atoms with E-state index >= 15 is 0 Å². The molecule has 160 valence electrons. The number of benzene rings is 1. The minimum Gasteiger partial charge on any atom is -0.493 e. The van der Waals surface area contributed by atoms with Crippen molar-refractivity contribution >= 4 is 11.8 Å². The van der Waals surface area contributed by atoms with Crippen LogP contribution in [-0.2, 0) is 9.53 Å². The predicted molar refractivity (Wildman–Crippen MR) is 109 cm³/mol. The molecule has 1 N–H and O–H groups in total. The number of amides is 2. The first-order valence-corrected chi connectivity index (χ1v) is 10.4. The second-order valence-electron chi connectivity index (χ2n) is 8.06. The van der Waals surface area contributed by atoms with Crippen molar-refractivity contribution in [1.29, 1.82) is 0 Å². The molecule has 1 heterocycles. The van der Waals surface area contributed by atoms with Crippen LogP contribution in [0.15, 0.2) is 18.2 Å². The molecule has 7 nitrogen and oxygen atoms in total. The van der Waals surface area contributed by atoms with E-state index < -0.39 is 0 Å². The molecule has 0 spiro atoms. The van der Waals surface area contributed by atoms with Crippen molar-refractivity contribution in [3.05, 3.63) is 23.8 Å². The molecular weight excluding hydrogens is 372 g/mol. The minimum atomic E-state index is -0.175. The second-order valence-corrected chi connectivity index (χ2v) is 8.06. The summed E-state index contributed by atoms with van der Waals surface area (Å²) in [4.78, 5) is 27.6. The van der Waals surface area contributed by atoms with E-state index in [1.807, 2.05) is 18.7 Å². The van der Waals surface area contributed by atoms with Gasteiger partial charge in [0.15, 0.2) is 11.5 Å². The highest BCUT2D eigenvalue weighted by Crippen LogP contribution is 2.32. The van der Waals surface area contributed by atoms with Gasteiger partial charge in [0.2, 0.25) is 5.91 Å². The molecule has 1 aliphatic heterocycles. The Morgan fingerprint density at radius 1 is 1.03 bits per heavy atom. The second kappa shape index (κ2) is 9.48. The summed E-state index contributed by atoms with van der Waals surface area (Å²) < 4.78 is 16.4. The van der Waals surface area contributed by atoms with Gasteiger partial charge in [0.05, 0.1) is 32.0 Å². The molecule has 1 aliphatic carbocycles. The van der Waals surface area contributed by atoms with E-state index in [0.717, 1.165) is 25.7 Å². The molecule has 3 rings (SSSR count). The lowest BCUT2D eigenvalue weighted by atomic mass is 9.84. The molecule has 1 saturated heterocycles. The predicted octanol–water partition coefficient (Wildman–Crippen LogP) is 2.63. The number of para-hydroxylation sites is 1. The van der Waals surface area contributed by atoms with Gasteiger partial charge in [-0.25, -0.2) is 0 Å². The van der Waals surface area contributed by atoms with Crippen LogP contribution in [0.5, 0.6) is 11.5 Å². The third-order valence-corrected chi connectivity index (χ3v) is 5.79. The standard InChI is InChI=1S/C22H32N2O5/c1-14-12-24(13-15(2)29-14)22(26)16-8-10-17(11-9-16)23-21(25)18-6-5-7-19(27-3)20(18)28-4/h5-7,14-17H,8-13H2,1-4H3,(H,23,25)/t14-,15+,16?,17?. The number of ether oxygens (including phenoxy) is 3. The number of nitrogens with zero attached hydrogens (tertiary/aromatic N) is 1. The summed E-state index contributed by atoms with van der Waals surface area (Å²) in [6.45, 7) is 5.34. The number of nitrogens with one attached hydrogen (secondary N) is 1. The maximum atomic E-state index is 12.9. The van der Waals surface area contributed by atoms with Gasteiger partial charge in [-0.05, 0) is 51.7 Å². The molecule has 1 saturated carbocycles. The van der Waals surface area contributed by atoms with Crippen molar-refractivity contribution in [2.75, 3.05) is 27.3 Å². The summed E-state index contributed by atoms with van der Waals surface area (Å²) in [5.74, 6) is 1.06. The fraction of sp³-hybridized carbons (Fsp3) is 0.636. The summed E-state index contributed by atoms with van der Waals surface area (Å²) in [6.07, 6.45) is 3.33. The molecule has 29 heavy (non-hydrogen) atoms. The third kappa shape index (κ3) is 5.01. The van der Waals surface area contributed by atoms with Crippen LogP contribution >= 0.6 is 0 Å². The Kier molecular flexibility index (Phi) is 7.00. The van der Waals surface area contributed by atoms with Crippen LogP contribution in [0.4, 0.5) is 0 Å². The Labute approximate surface area is 172 Å². The SMILES string of the molecule is COc1cccc(C(=O)NC2CCC(C(=O)N3C[C@@H](C)O[C@@H](C)C3)CC2)c1OC. The fourth-order valence-electron chi connectivity index (χ4n) is 4.43. The van der Waals surface area contributed by atoms with Gasteiger partial charge in [0.25, 0.3) is 5.91 Å². The van der Waals surface area contributed by atoms with Gasteiger partial charge in [0.1, 0.15) is 0 Å². The van der Waals surface area contributed by atoms with E-state index in [0.29, 0.717) is 30.2 Å². The van der Waals surface area contributed by atoms with Crippen LogP contribution < -0.4 is 14.8 Å². The summed E-state index contributed by atoms with van der Waals surface area (Å²) >= 11 is 0. The number of methoxy groups -OCH3 is 2. The number of carbonyl (C=O) groups excluding carboxylic acids is 2. The zero-order valence-electron chi connectivity index (χ0n) is 17.8. The Morgan fingerprint density at radius 3 is 2.28 bits per heavy atom. The first kappa shape index (κ1) is 21.4. The van der Waals surface area contributed by atoms with Crippen LogP contribution in [0.1, 0.15) is 49.9 Å². The molecule has 2 amide bonds. The van der Waals surface area contributed by atoms with Crippen molar-refractivity contribution < 1.29 is 23.8 Å². The summed E-state index contributed by atoms with van der Waals surface area (Å²) in [5, 5.41) is 3.09. The molecule has 1 aromatic rings. The molecule has 1 aromatic carbocycles. The lowest BCUT2D eigenvalue weighted by Crippen LogP contribution is -2.51. The zero-order chi connectivity index (χ0) is 21.0. The van der Waals surface area contributed by atoms with Crippen molar-refractivity contribution in [2.45, 2.75) is 57.8 Å². The van der Waals surface area contributed by atoms with Gasteiger partial charge in [0, 0.05) is 25.0 Å². The Bertz CT molecular complexity index is 720. The van der Waals surface area contributed by atoms with Crippen molar-refractivity contribution in [3.8, 4) is 11.5 Å². The summed E-state index contributed by atoms with van der Waals surface area (Å²) in [7, 11) is 3.08. The lowest BCUT2D eigenvalue weighted by Gasteiger charge is -2.38. The Morgan fingerprint density at radius 2 is 1.69 bits per heavy atom. The molecule has 0 radical (unpaired) electrons. The summed E-state index contributed by atoms with van der Waals surface area (Å²) in [5.41, 5.74) is 0.460. The van der Waals surface area contributed by atoms with Crippen molar-refractivity contribution in [2.24, 2.45) is 5.92 Å². The van der Waals surface area contributed by atoms with Gasteiger partial charge in [-0.15, -0.1) is 0 Å². The Balaban J connectivity index is 1.55. The maximum absolute atomic E-state index is 12.9. The van der Waals surface area contributed by atoms with Gasteiger partial charge in [-0.2, -0.15) is 0 Å². The molecular formula is C22H32N2O5. The first-order valence-electron chi connectivity index (χ1n) is 10.4. The summed E-state index contributed by atoms with van der Waals surface area (Å²) in [6, 6.07) is 5.33. The first-order chi connectivity index (χ1) is 13.9. The molecule has 0 aromatic heterocycles. The van der Waals surface area contributed by atoms with Gasteiger partial charge in [-0.1, -0.05) is 6.07 Å². The van der Waals surface area contributed by atoms with Gasteiger partial charge >= 0.3 is 0 Å². The smallest absolute Gasteiger partial charge is 0.255 e. The average molecular weight is 405 g/mol. The van der Waals surface area contributed by atoms with Crippen LogP contribution in [0.25, 0.3) is 0 Å². The third-order valence-electron chi connectivity index (χ3n) is 5.79. The van der Waals surface area contributed by atoms with Gasteiger partial charge in [-0.3, -0.25) is 9.59 Å². The molecule has 2 fully saturated rings. The van der Waals surface area contributed by atoms with E-state index in [2.05, 4.69) is 5.32 Å². The van der Waals surface area contributed by atoms with E-state index in [1.54, 1.807) is 25.3 Å². The number of hydrogen-bond donors (Lipinski definition) is 1. The van der Waals surface area contributed by atoms with Crippen molar-refractivity contribution in [1.82, 2.24) is 10.2 Å². The largest absolute Gasteiger partial charge is 0.493 e. The highest BCUT2D eigenvalue weighted by Gasteiger charge is 2.33. The molecule has 2 aliphatic rings. The average Bonchev–Trinajstić information content (AvgIpc) is 2.72. The quantitative estimate of drug-likeness (QED) is 0.816. The van der Waals surface area contributed by atoms with E-state index in [-0.39, 0.29) is 36.0 Å². The number of rotatable bonds is 5. The van der Waals surface area contributed by atoms with Crippen LogP contribution in [0, 0.1) is 5.92 Å². The Hall–Kier alpha value is -2.28. The van der Waals surface area contributed by atoms with Crippen LogP contribution in [-0.4, -0.2) is 62.3 Å². The van der Waals surface area contributed by atoms with Crippen molar-refractivity contribution in [3.63, 3.8) is 0 Å². The zero-order valence-corrected chi connectivity index (χ0v) is 17.8.